The summed E-state index contributed by atoms with van der Waals surface area (Å²) in [6.07, 6.45) is 1.20. The minimum atomic E-state index is 0.879. The largest absolute Gasteiger partial charge is 0.399 e. The minimum Gasteiger partial charge on any atom is -0.399 e. The second-order valence-corrected chi connectivity index (χ2v) is 4.49. The number of hydrogen-bond donors (Lipinski definition) is 2. The number of benzene rings is 1. The summed E-state index contributed by atoms with van der Waals surface area (Å²) in [5, 5.41) is 3.14. The van der Waals surface area contributed by atoms with Crippen LogP contribution in [-0.4, -0.2) is 19.3 Å². The molecule has 1 rings (SSSR count). The summed E-state index contributed by atoms with van der Waals surface area (Å²) in [4.78, 5) is 1.31. The lowest BCUT2D eigenvalue weighted by molar-refractivity contribution is 0.778. The molecule has 0 amide bonds. The van der Waals surface area contributed by atoms with Gasteiger partial charge in [-0.25, -0.2) is 0 Å². The van der Waals surface area contributed by atoms with E-state index in [4.69, 9.17) is 5.73 Å². The van der Waals surface area contributed by atoms with Crippen molar-refractivity contribution in [3.8, 4) is 0 Å². The van der Waals surface area contributed by atoms with Crippen molar-refractivity contribution in [3.05, 3.63) is 23.8 Å². The normalized spacial score (nSPS) is 10.4. The fourth-order valence-electron chi connectivity index (χ4n) is 1.18. The van der Waals surface area contributed by atoms with Gasteiger partial charge in [-0.2, -0.15) is 0 Å². The first kappa shape index (κ1) is 11.4. The number of aryl methyl sites for hydroxylation is 1. The molecule has 0 unspecified atom stereocenters. The summed E-state index contributed by atoms with van der Waals surface area (Å²) in [5.41, 5.74) is 7.80. The molecule has 14 heavy (non-hydrogen) atoms. The van der Waals surface area contributed by atoms with Crippen molar-refractivity contribution >= 4 is 17.4 Å². The Morgan fingerprint density at radius 1 is 1.43 bits per heavy atom. The van der Waals surface area contributed by atoms with Gasteiger partial charge in [0.25, 0.3) is 0 Å². The molecule has 0 atom stereocenters. The van der Waals surface area contributed by atoms with Crippen LogP contribution in [0.15, 0.2) is 23.1 Å². The van der Waals surface area contributed by atoms with Gasteiger partial charge in [0, 0.05) is 10.6 Å². The van der Waals surface area contributed by atoms with Gasteiger partial charge in [-0.15, -0.1) is 11.8 Å². The summed E-state index contributed by atoms with van der Waals surface area (Å²) in [7, 11) is 1.98. The Morgan fingerprint density at radius 2 is 2.21 bits per heavy atom. The quantitative estimate of drug-likeness (QED) is 0.445. The van der Waals surface area contributed by atoms with Gasteiger partial charge in [-0.3, -0.25) is 0 Å². The van der Waals surface area contributed by atoms with Crippen molar-refractivity contribution in [2.75, 3.05) is 25.1 Å². The average Bonchev–Trinajstić information content (AvgIpc) is 2.18. The van der Waals surface area contributed by atoms with E-state index >= 15 is 0 Å². The van der Waals surface area contributed by atoms with E-state index in [0.29, 0.717) is 0 Å². The lowest BCUT2D eigenvalue weighted by Gasteiger charge is -2.04. The Morgan fingerprint density at radius 3 is 2.86 bits per heavy atom. The highest BCUT2D eigenvalue weighted by Crippen LogP contribution is 2.22. The molecule has 0 heterocycles. The average molecular weight is 210 g/mol. The molecule has 0 spiro atoms. The smallest absolute Gasteiger partial charge is 0.0344 e. The van der Waals surface area contributed by atoms with Crippen molar-refractivity contribution in [2.45, 2.75) is 18.2 Å². The Bertz CT molecular complexity index is 287. The molecule has 0 saturated heterocycles. The molecule has 0 radical (unpaired) electrons. The lowest BCUT2D eigenvalue weighted by Crippen LogP contribution is -2.07. The summed E-state index contributed by atoms with van der Waals surface area (Å²) in [6.45, 7) is 3.13. The molecule has 3 heteroatoms. The van der Waals surface area contributed by atoms with Crippen LogP contribution in [0.3, 0.4) is 0 Å². The topological polar surface area (TPSA) is 38.0 Å². The second kappa shape index (κ2) is 5.94. The van der Waals surface area contributed by atoms with Gasteiger partial charge < -0.3 is 11.1 Å². The fraction of sp³-hybridized carbons (Fsp3) is 0.455. The van der Waals surface area contributed by atoms with Crippen LogP contribution in [0.5, 0.6) is 0 Å². The maximum atomic E-state index is 5.75. The van der Waals surface area contributed by atoms with Crippen LogP contribution in [0.2, 0.25) is 0 Å². The molecule has 3 N–H and O–H groups in total. The van der Waals surface area contributed by atoms with Crippen molar-refractivity contribution in [1.82, 2.24) is 5.32 Å². The summed E-state index contributed by atoms with van der Waals surface area (Å²) in [6, 6.07) is 6.22. The standard InChI is InChI=1S/C11H18N2S/c1-9-8-10(4-5-11(9)12)14-7-3-6-13-2/h4-5,8,13H,3,6-7,12H2,1-2H3. The lowest BCUT2D eigenvalue weighted by atomic mass is 10.2. The van der Waals surface area contributed by atoms with Crippen LogP contribution in [0, 0.1) is 6.92 Å². The Kier molecular flexibility index (Phi) is 4.84. The molecule has 0 aliphatic heterocycles. The SMILES string of the molecule is CNCCCSc1ccc(N)c(C)c1. The minimum absolute atomic E-state index is 0.879. The van der Waals surface area contributed by atoms with Crippen LogP contribution in [0.4, 0.5) is 5.69 Å². The first-order valence-electron chi connectivity index (χ1n) is 4.87. The summed E-state index contributed by atoms with van der Waals surface area (Å²) < 4.78 is 0. The maximum Gasteiger partial charge on any atom is 0.0344 e. The van der Waals surface area contributed by atoms with Gasteiger partial charge >= 0.3 is 0 Å². The Labute approximate surface area is 90.3 Å². The number of hydrogen-bond acceptors (Lipinski definition) is 3. The van der Waals surface area contributed by atoms with Gasteiger partial charge in [0.1, 0.15) is 0 Å². The number of nitrogen functional groups attached to an aromatic ring is 1. The summed E-state index contributed by atoms with van der Waals surface area (Å²) in [5.74, 6) is 1.16. The molecular formula is C11H18N2S. The Hall–Kier alpha value is -0.670. The van der Waals surface area contributed by atoms with E-state index in [0.717, 1.165) is 18.0 Å². The maximum absolute atomic E-state index is 5.75. The second-order valence-electron chi connectivity index (χ2n) is 3.32. The highest BCUT2D eigenvalue weighted by Gasteiger charge is 1.97. The van der Waals surface area contributed by atoms with E-state index in [1.54, 1.807) is 0 Å². The monoisotopic (exact) mass is 210 g/mol. The van der Waals surface area contributed by atoms with E-state index in [-0.39, 0.29) is 0 Å². The molecule has 0 aliphatic rings. The fourth-order valence-corrected chi connectivity index (χ4v) is 2.13. The van der Waals surface area contributed by atoms with E-state index < -0.39 is 0 Å². The predicted octanol–water partition coefficient (Wildman–Crippen LogP) is 2.28. The Balaban J connectivity index is 2.39. The van der Waals surface area contributed by atoms with Crippen LogP contribution in [0.25, 0.3) is 0 Å². The molecule has 78 valence electrons. The van der Waals surface area contributed by atoms with Crippen molar-refractivity contribution in [3.63, 3.8) is 0 Å². The molecule has 0 aromatic heterocycles. The van der Waals surface area contributed by atoms with Crippen molar-refractivity contribution in [1.29, 1.82) is 0 Å². The van der Waals surface area contributed by atoms with Crippen molar-refractivity contribution in [2.24, 2.45) is 0 Å². The number of anilines is 1. The number of nitrogens with two attached hydrogens (primary N) is 1. The summed E-state index contributed by atoms with van der Waals surface area (Å²) >= 11 is 1.89. The molecule has 1 aromatic carbocycles. The highest BCUT2D eigenvalue weighted by atomic mass is 32.2. The molecule has 0 bridgehead atoms. The van der Waals surface area contributed by atoms with Crippen LogP contribution in [-0.2, 0) is 0 Å². The predicted molar refractivity (Wildman–Crippen MR) is 64.9 cm³/mol. The molecule has 2 nitrogen and oxygen atoms in total. The van der Waals surface area contributed by atoms with Gasteiger partial charge in [-0.1, -0.05) is 0 Å². The zero-order valence-electron chi connectivity index (χ0n) is 8.84. The first-order valence-corrected chi connectivity index (χ1v) is 5.86. The number of nitrogens with one attached hydrogen (secondary N) is 1. The molecular weight excluding hydrogens is 192 g/mol. The highest BCUT2D eigenvalue weighted by molar-refractivity contribution is 7.99. The van der Waals surface area contributed by atoms with Crippen LogP contribution >= 0.6 is 11.8 Å². The van der Waals surface area contributed by atoms with Crippen LogP contribution in [0.1, 0.15) is 12.0 Å². The van der Waals surface area contributed by atoms with Crippen LogP contribution < -0.4 is 11.1 Å². The first-order chi connectivity index (χ1) is 6.74. The zero-order valence-corrected chi connectivity index (χ0v) is 9.66. The third kappa shape index (κ3) is 3.60. The molecule has 0 saturated carbocycles. The molecule has 1 aromatic rings. The van der Waals surface area contributed by atoms with Gasteiger partial charge in [-0.05, 0) is 56.5 Å². The zero-order chi connectivity index (χ0) is 10.4. The third-order valence-electron chi connectivity index (χ3n) is 2.08. The van der Waals surface area contributed by atoms with E-state index in [1.807, 2.05) is 31.8 Å². The van der Waals surface area contributed by atoms with Crippen molar-refractivity contribution < 1.29 is 0 Å². The van der Waals surface area contributed by atoms with Gasteiger partial charge in [0.05, 0.1) is 0 Å². The number of thioether (sulfide) groups is 1. The number of rotatable bonds is 5. The van der Waals surface area contributed by atoms with Gasteiger partial charge in [0.15, 0.2) is 0 Å². The molecule has 0 aliphatic carbocycles. The molecule has 0 fully saturated rings. The van der Waals surface area contributed by atoms with Gasteiger partial charge in [0.2, 0.25) is 0 Å². The third-order valence-corrected chi connectivity index (χ3v) is 3.16. The van der Waals surface area contributed by atoms with E-state index in [1.165, 1.54) is 16.9 Å². The van der Waals surface area contributed by atoms with E-state index in [2.05, 4.69) is 17.4 Å². The van der Waals surface area contributed by atoms with E-state index in [9.17, 15) is 0 Å².